The monoisotopic (exact) mass is 369 g/mol. The number of rotatable bonds is 6. The highest BCUT2D eigenvalue weighted by Crippen LogP contribution is 2.25. The zero-order valence-corrected chi connectivity index (χ0v) is 15.6. The second kappa shape index (κ2) is 8.01. The number of para-hydroxylation sites is 2. The average Bonchev–Trinajstić information content (AvgIpc) is 3.11. The number of methoxy groups -OCH3 is 1. The van der Waals surface area contributed by atoms with Gasteiger partial charge in [-0.3, -0.25) is 4.79 Å². The van der Waals surface area contributed by atoms with E-state index >= 15 is 0 Å². The second-order valence-corrected chi connectivity index (χ2v) is 6.57. The molecule has 0 radical (unpaired) electrons. The number of benzene rings is 2. The van der Waals surface area contributed by atoms with E-state index in [0.717, 1.165) is 16.8 Å². The van der Waals surface area contributed by atoms with Gasteiger partial charge in [0.1, 0.15) is 5.75 Å². The summed E-state index contributed by atoms with van der Waals surface area (Å²) in [6.07, 6.45) is 0. The Balaban J connectivity index is 1.70. The summed E-state index contributed by atoms with van der Waals surface area (Å²) in [5, 5.41) is 15.3. The van der Waals surface area contributed by atoms with Gasteiger partial charge < -0.3 is 10.1 Å². The molecule has 3 aromatic rings. The number of amides is 1. The summed E-state index contributed by atoms with van der Waals surface area (Å²) in [4.78, 5) is 12.3. The van der Waals surface area contributed by atoms with Crippen molar-refractivity contribution >= 4 is 23.4 Å². The van der Waals surface area contributed by atoms with E-state index in [1.54, 1.807) is 23.9 Å². The summed E-state index contributed by atoms with van der Waals surface area (Å²) in [7, 11) is 1.57. The maximum absolute atomic E-state index is 12.3. The average molecular weight is 369 g/mol. The minimum atomic E-state index is -0.157. The fourth-order valence-corrected chi connectivity index (χ4v) is 3.13. The first-order chi connectivity index (χ1) is 12.6. The normalized spacial score (nSPS) is 10.6. The maximum Gasteiger partial charge on any atom is 0.234 e. The van der Waals surface area contributed by atoms with Gasteiger partial charge in [-0.15, -0.1) is 5.10 Å². The number of thioether (sulfide) groups is 1. The number of anilines is 1. The van der Waals surface area contributed by atoms with Crippen LogP contribution in [0.3, 0.4) is 0 Å². The van der Waals surface area contributed by atoms with Crippen LogP contribution in [0.4, 0.5) is 5.69 Å². The van der Waals surface area contributed by atoms with E-state index in [9.17, 15) is 4.79 Å². The van der Waals surface area contributed by atoms with Gasteiger partial charge in [-0.1, -0.05) is 36.0 Å². The Kier molecular flexibility index (Phi) is 5.52. The minimum absolute atomic E-state index is 0.157. The van der Waals surface area contributed by atoms with Gasteiger partial charge in [-0.25, -0.2) is 0 Å². The zero-order valence-electron chi connectivity index (χ0n) is 14.8. The molecule has 0 aliphatic rings. The predicted molar refractivity (Wildman–Crippen MR) is 101 cm³/mol. The third-order valence-electron chi connectivity index (χ3n) is 3.96. The summed E-state index contributed by atoms with van der Waals surface area (Å²) in [5.74, 6) is 0.643. The molecule has 3 rings (SSSR count). The lowest BCUT2D eigenvalue weighted by atomic mass is 10.1. The van der Waals surface area contributed by atoms with Crippen LogP contribution in [0, 0.1) is 13.8 Å². The van der Waals surface area contributed by atoms with Gasteiger partial charge >= 0.3 is 0 Å². The standard InChI is InChI=1S/C18H19N5O2S/c1-12-7-6-9-15(13(12)2)23-18(20-21-22-23)26-11-17(24)19-14-8-4-5-10-16(14)25-3/h4-10H,11H2,1-3H3,(H,19,24). The summed E-state index contributed by atoms with van der Waals surface area (Å²) in [6.45, 7) is 4.06. The van der Waals surface area contributed by atoms with Gasteiger partial charge in [0, 0.05) is 0 Å². The lowest BCUT2D eigenvalue weighted by molar-refractivity contribution is -0.113. The molecule has 0 saturated heterocycles. The van der Waals surface area contributed by atoms with Crippen molar-refractivity contribution in [2.45, 2.75) is 19.0 Å². The second-order valence-electron chi connectivity index (χ2n) is 5.63. The van der Waals surface area contributed by atoms with Gasteiger partial charge in [0.2, 0.25) is 11.1 Å². The maximum atomic E-state index is 12.3. The summed E-state index contributed by atoms with van der Waals surface area (Å²) in [5.41, 5.74) is 3.79. The number of tetrazole rings is 1. The molecule has 134 valence electrons. The van der Waals surface area contributed by atoms with Crippen molar-refractivity contribution in [1.29, 1.82) is 0 Å². The van der Waals surface area contributed by atoms with E-state index in [0.29, 0.717) is 16.6 Å². The molecular formula is C18H19N5O2S. The Labute approximate surface area is 155 Å². The molecule has 0 aliphatic heterocycles. The first-order valence-electron chi connectivity index (χ1n) is 8.01. The number of aryl methyl sites for hydroxylation is 1. The van der Waals surface area contributed by atoms with E-state index in [2.05, 4.69) is 20.8 Å². The van der Waals surface area contributed by atoms with E-state index < -0.39 is 0 Å². The number of aromatic nitrogens is 4. The van der Waals surface area contributed by atoms with Crippen LogP contribution in [0.15, 0.2) is 47.6 Å². The van der Waals surface area contributed by atoms with Crippen molar-refractivity contribution < 1.29 is 9.53 Å². The summed E-state index contributed by atoms with van der Waals surface area (Å²) >= 11 is 1.28. The third kappa shape index (κ3) is 3.85. The largest absolute Gasteiger partial charge is 0.495 e. The van der Waals surface area contributed by atoms with E-state index in [4.69, 9.17) is 4.74 Å². The molecule has 0 bridgehead atoms. The summed E-state index contributed by atoms with van der Waals surface area (Å²) < 4.78 is 6.90. The molecule has 1 aromatic heterocycles. The quantitative estimate of drug-likeness (QED) is 0.673. The first kappa shape index (κ1) is 17.9. The van der Waals surface area contributed by atoms with Gasteiger partial charge in [0.05, 0.1) is 24.2 Å². The molecule has 7 nitrogen and oxygen atoms in total. The Morgan fingerprint density at radius 1 is 1.19 bits per heavy atom. The van der Waals surface area contributed by atoms with Gasteiger partial charge in [-0.05, 0) is 53.6 Å². The van der Waals surface area contributed by atoms with E-state index in [1.807, 2.05) is 44.2 Å². The van der Waals surface area contributed by atoms with Crippen LogP contribution in [0.2, 0.25) is 0 Å². The lowest BCUT2D eigenvalue weighted by Gasteiger charge is -2.10. The van der Waals surface area contributed by atoms with Crippen LogP contribution in [0.25, 0.3) is 5.69 Å². The number of hydrogen-bond acceptors (Lipinski definition) is 6. The number of nitrogens with zero attached hydrogens (tertiary/aromatic N) is 4. The Morgan fingerprint density at radius 2 is 2.00 bits per heavy atom. The minimum Gasteiger partial charge on any atom is -0.495 e. The lowest BCUT2D eigenvalue weighted by Crippen LogP contribution is -2.15. The Morgan fingerprint density at radius 3 is 2.81 bits per heavy atom. The molecule has 0 unspecified atom stereocenters. The van der Waals surface area contributed by atoms with E-state index in [1.165, 1.54) is 11.8 Å². The smallest absolute Gasteiger partial charge is 0.234 e. The van der Waals surface area contributed by atoms with Crippen LogP contribution in [0.5, 0.6) is 5.75 Å². The topological polar surface area (TPSA) is 81.9 Å². The number of nitrogens with one attached hydrogen (secondary N) is 1. The number of ether oxygens (including phenoxy) is 1. The number of carbonyl (C=O) groups is 1. The highest BCUT2D eigenvalue weighted by molar-refractivity contribution is 7.99. The Hall–Kier alpha value is -2.87. The van der Waals surface area contributed by atoms with Crippen LogP contribution in [-0.4, -0.2) is 39.0 Å². The molecule has 0 spiro atoms. The van der Waals surface area contributed by atoms with Gasteiger partial charge in [0.15, 0.2) is 0 Å². The molecule has 1 amide bonds. The van der Waals surface area contributed by atoms with Crippen molar-refractivity contribution in [3.05, 3.63) is 53.6 Å². The molecular weight excluding hydrogens is 350 g/mol. The van der Waals surface area contributed by atoms with Crippen LogP contribution in [-0.2, 0) is 4.79 Å². The highest BCUT2D eigenvalue weighted by Gasteiger charge is 2.14. The number of hydrogen-bond donors (Lipinski definition) is 1. The molecule has 2 aromatic carbocycles. The Bertz CT molecular complexity index is 925. The predicted octanol–water partition coefficient (Wildman–Crippen LogP) is 3.02. The summed E-state index contributed by atoms with van der Waals surface area (Å²) in [6, 6.07) is 13.2. The van der Waals surface area contributed by atoms with Crippen molar-refractivity contribution in [2.75, 3.05) is 18.2 Å². The van der Waals surface area contributed by atoms with Crippen molar-refractivity contribution in [2.24, 2.45) is 0 Å². The highest BCUT2D eigenvalue weighted by atomic mass is 32.2. The van der Waals surface area contributed by atoms with E-state index in [-0.39, 0.29) is 11.7 Å². The van der Waals surface area contributed by atoms with Crippen LogP contribution in [0.1, 0.15) is 11.1 Å². The number of carbonyl (C=O) groups excluding carboxylic acids is 1. The third-order valence-corrected chi connectivity index (χ3v) is 4.88. The zero-order chi connectivity index (χ0) is 18.5. The molecule has 1 N–H and O–H groups in total. The molecule has 8 heteroatoms. The fraction of sp³-hybridized carbons (Fsp3) is 0.222. The molecule has 26 heavy (non-hydrogen) atoms. The van der Waals surface area contributed by atoms with Crippen molar-refractivity contribution in [1.82, 2.24) is 20.2 Å². The first-order valence-corrected chi connectivity index (χ1v) is 8.99. The molecule has 0 saturated carbocycles. The van der Waals surface area contributed by atoms with Crippen LogP contribution >= 0.6 is 11.8 Å². The van der Waals surface area contributed by atoms with Crippen molar-refractivity contribution in [3.63, 3.8) is 0 Å². The molecule has 0 aliphatic carbocycles. The molecule has 0 atom stereocenters. The SMILES string of the molecule is COc1ccccc1NC(=O)CSc1nnnn1-c1cccc(C)c1C. The van der Waals surface area contributed by atoms with Gasteiger partial charge in [0.25, 0.3) is 0 Å². The van der Waals surface area contributed by atoms with Crippen LogP contribution < -0.4 is 10.1 Å². The van der Waals surface area contributed by atoms with Gasteiger partial charge in [-0.2, -0.15) is 4.68 Å². The van der Waals surface area contributed by atoms with Crippen molar-refractivity contribution in [3.8, 4) is 11.4 Å². The fourth-order valence-electron chi connectivity index (χ4n) is 2.45. The molecule has 1 heterocycles. The molecule has 0 fully saturated rings.